The van der Waals surface area contributed by atoms with Crippen LogP contribution in [0.5, 0.6) is 0 Å². The average Bonchev–Trinajstić information content (AvgIpc) is 2.81. The molecule has 0 aliphatic carbocycles. The number of hydrogen-bond acceptors (Lipinski definition) is 3. The highest BCUT2D eigenvalue weighted by Gasteiger charge is 2.39. The number of likely N-dealkylation sites (tertiary alicyclic amines) is 1. The molecule has 114 valence electrons. The van der Waals surface area contributed by atoms with Crippen LogP contribution in [0.15, 0.2) is 0 Å². The van der Waals surface area contributed by atoms with E-state index in [0.29, 0.717) is 19.6 Å². The van der Waals surface area contributed by atoms with E-state index in [9.17, 15) is 9.59 Å². The molecule has 0 aromatic carbocycles. The quantitative estimate of drug-likeness (QED) is 0.664. The fourth-order valence-corrected chi connectivity index (χ4v) is 3.02. The summed E-state index contributed by atoms with van der Waals surface area (Å²) in [6.07, 6.45) is 0.353. The van der Waals surface area contributed by atoms with E-state index in [2.05, 4.69) is 7.05 Å². The highest BCUT2D eigenvalue weighted by molar-refractivity contribution is 5.89. The first-order valence-electron chi connectivity index (χ1n) is 7.41. The van der Waals surface area contributed by atoms with Crippen LogP contribution in [0.1, 0.15) is 13.3 Å². The van der Waals surface area contributed by atoms with E-state index < -0.39 is 0 Å². The molecule has 0 radical (unpaired) electrons. The minimum Gasteiger partial charge on any atom is -0.383 e. The summed E-state index contributed by atoms with van der Waals surface area (Å²) in [6.45, 7) is 6.64. The fourth-order valence-electron chi connectivity index (χ4n) is 3.02. The van der Waals surface area contributed by atoms with Gasteiger partial charge in [-0.2, -0.15) is 0 Å². The van der Waals surface area contributed by atoms with Crippen molar-refractivity contribution in [2.45, 2.75) is 19.4 Å². The molecule has 2 aliphatic heterocycles. The van der Waals surface area contributed by atoms with E-state index in [0.717, 1.165) is 26.2 Å². The summed E-state index contributed by atoms with van der Waals surface area (Å²) in [7, 11) is 3.78. The molecule has 2 heterocycles. The molecule has 2 atom stereocenters. The largest absolute Gasteiger partial charge is 0.383 e. The molecule has 0 aromatic heterocycles. The molecule has 0 saturated carbocycles. The summed E-state index contributed by atoms with van der Waals surface area (Å²) in [6, 6.07) is 0.0437. The van der Waals surface area contributed by atoms with Crippen LogP contribution < -0.4 is 4.90 Å². The second-order valence-electron chi connectivity index (χ2n) is 6.03. The Morgan fingerprint density at radius 1 is 1.45 bits per heavy atom. The van der Waals surface area contributed by atoms with Crippen molar-refractivity contribution in [3.05, 3.63) is 0 Å². The lowest BCUT2D eigenvalue weighted by molar-refractivity contribution is -0.883. The molecule has 2 fully saturated rings. The molecule has 1 N–H and O–H groups in total. The van der Waals surface area contributed by atoms with Crippen LogP contribution in [0.4, 0.5) is 0 Å². The van der Waals surface area contributed by atoms with E-state index in [4.69, 9.17) is 4.74 Å². The maximum absolute atomic E-state index is 12.5. The van der Waals surface area contributed by atoms with Gasteiger partial charge in [0.25, 0.3) is 0 Å². The van der Waals surface area contributed by atoms with Crippen LogP contribution in [-0.4, -0.2) is 81.1 Å². The van der Waals surface area contributed by atoms with Crippen LogP contribution in [0, 0.1) is 5.92 Å². The van der Waals surface area contributed by atoms with Gasteiger partial charge in [0.2, 0.25) is 11.8 Å². The minimum absolute atomic E-state index is 0.0437. The molecular weight excluding hydrogens is 258 g/mol. The second kappa shape index (κ2) is 6.54. The summed E-state index contributed by atoms with van der Waals surface area (Å²) in [5.74, 6) is 0.0610. The van der Waals surface area contributed by atoms with Crippen molar-refractivity contribution < 1.29 is 19.2 Å². The van der Waals surface area contributed by atoms with Gasteiger partial charge in [0.1, 0.15) is 0 Å². The van der Waals surface area contributed by atoms with Gasteiger partial charge in [-0.25, -0.2) is 0 Å². The SMILES string of the molecule is COC[C@@H](C)N1C[C@@H](C(=O)N2CC[NH+](C)CC2)CC1=O. The number of hydrogen-bond donors (Lipinski definition) is 1. The van der Waals surface area contributed by atoms with E-state index in [1.807, 2.05) is 11.8 Å². The first-order valence-corrected chi connectivity index (χ1v) is 7.41. The van der Waals surface area contributed by atoms with Gasteiger partial charge in [0.05, 0.1) is 51.8 Å². The normalized spacial score (nSPS) is 26.1. The van der Waals surface area contributed by atoms with Crippen LogP contribution >= 0.6 is 0 Å². The van der Waals surface area contributed by atoms with Crippen LogP contribution in [-0.2, 0) is 14.3 Å². The van der Waals surface area contributed by atoms with E-state index in [-0.39, 0.29) is 23.8 Å². The molecule has 0 bridgehead atoms. The number of quaternary nitrogens is 1. The second-order valence-corrected chi connectivity index (χ2v) is 6.03. The summed E-state index contributed by atoms with van der Waals surface area (Å²) >= 11 is 0. The van der Waals surface area contributed by atoms with Crippen LogP contribution in [0.3, 0.4) is 0 Å². The highest BCUT2D eigenvalue weighted by Crippen LogP contribution is 2.22. The Morgan fingerprint density at radius 3 is 2.70 bits per heavy atom. The molecule has 20 heavy (non-hydrogen) atoms. The summed E-state index contributed by atoms with van der Waals surface area (Å²) < 4.78 is 5.10. The minimum atomic E-state index is -0.166. The molecule has 0 spiro atoms. The number of amides is 2. The van der Waals surface area contributed by atoms with Crippen molar-refractivity contribution in [3.8, 4) is 0 Å². The lowest BCUT2D eigenvalue weighted by Crippen LogP contribution is -3.12. The van der Waals surface area contributed by atoms with Gasteiger partial charge in [-0.3, -0.25) is 9.59 Å². The first-order chi connectivity index (χ1) is 9.52. The molecular formula is C14H26N3O3+. The van der Waals surface area contributed by atoms with Gasteiger partial charge < -0.3 is 19.4 Å². The van der Waals surface area contributed by atoms with Gasteiger partial charge in [-0.15, -0.1) is 0 Å². The monoisotopic (exact) mass is 284 g/mol. The Bertz CT molecular complexity index is 367. The maximum Gasteiger partial charge on any atom is 0.228 e. The van der Waals surface area contributed by atoms with Crippen molar-refractivity contribution >= 4 is 11.8 Å². The third-order valence-electron chi connectivity index (χ3n) is 4.38. The summed E-state index contributed by atoms with van der Waals surface area (Å²) in [5.41, 5.74) is 0. The molecule has 2 amide bonds. The molecule has 6 heteroatoms. The third kappa shape index (κ3) is 3.30. The maximum atomic E-state index is 12.5. The van der Waals surface area contributed by atoms with Gasteiger partial charge in [-0.05, 0) is 6.92 Å². The van der Waals surface area contributed by atoms with Crippen molar-refractivity contribution in [1.82, 2.24) is 9.80 Å². The Balaban J connectivity index is 1.91. The smallest absolute Gasteiger partial charge is 0.228 e. The first kappa shape index (κ1) is 15.3. The zero-order valence-electron chi connectivity index (χ0n) is 12.7. The van der Waals surface area contributed by atoms with Crippen molar-refractivity contribution in [1.29, 1.82) is 0 Å². The number of nitrogens with one attached hydrogen (secondary N) is 1. The number of rotatable bonds is 4. The predicted molar refractivity (Wildman–Crippen MR) is 74.4 cm³/mol. The summed E-state index contributed by atoms with van der Waals surface area (Å²) in [5, 5.41) is 0. The molecule has 0 aromatic rings. The Hall–Kier alpha value is -1.14. The Morgan fingerprint density at radius 2 is 2.10 bits per heavy atom. The third-order valence-corrected chi connectivity index (χ3v) is 4.38. The van der Waals surface area contributed by atoms with Crippen LogP contribution in [0.2, 0.25) is 0 Å². The Labute approximate surface area is 120 Å². The number of ether oxygens (including phenoxy) is 1. The zero-order chi connectivity index (χ0) is 14.7. The molecule has 0 unspecified atom stereocenters. The van der Waals surface area contributed by atoms with Crippen molar-refractivity contribution in [2.75, 3.05) is 53.5 Å². The van der Waals surface area contributed by atoms with Crippen molar-refractivity contribution in [2.24, 2.45) is 5.92 Å². The number of methoxy groups -OCH3 is 1. The molecule has 2 saturated heterocycles. The van der Waals surface area contributed by atoms with E-state index >= 15 is 0 Å². The number of likely N-dealkylation sites (N-methyl/N-ethyl adjacent to an activating group) is 1. The van der Waals surface area contributed by atoms with Gasteiger partial charge in [-0.1, -0.05) is 0 Å². The standard InChI is InChI=1S/C14H25N3O3/c1-11(10-20-3)17-9-12(8-13(17)18)14(19)16-6-4-15(2)5-7-16/h11-12H,4-10H2,1-3H3/p+1/t11-,12+/m1/s1. The summed E-state index contributed by atoms with van der Waals surface area (Å²) in [4.78, 5) is 29.7. The average molecular weight is 284 g/mol. The topological polar surface area (TPSA) is 54.3 Å². The number of carbonyl (C=O) groups is 2. The lowest BCUT2D eigenvalue weighted by Gasteiger charge is -2.32. The fraction of sp³-hybridized carbons (Fsp3) is 0.857. The number of carbonyl (C=O) groups excluding carboxylic acids is 2. The number of nitrogens with zero attached hydrogens (tertiary/aromatic N) is 2. The van der Waals surface area contributed by atoms with Gasteiger partial charge in [0, 0.05) is 20.1 Å². The van der Waals surface area contributed by atoms with Crippen molar-refractivity contribution in [3.63, 3.8) is 0 Å². The zero-order valence-corrected chi connectivity index (χ0v) is 12.7. The van der Waals surface area contributed by atoms with Crippen LogP contribution in [0.25, 0.3) is 0 Å². The highest BCUT2D eigenvalue weighted by atomic mass is 16.5. The van der Waals surface area contributed by atoms with E-state index in [1.165, 1.54) is 4.90 Å². The lowest BCUT2D eigenvalue weighted by atomic mass is 10.1. The van der Waals surface area contributed by atoms with Gasteiger partial charge in [0.15, 0.2) is 0 Å². The van der Waals surface area contributed by atoms with Gasteiger partial charge >= 0.3 is 0 Å². The molecule has 2 aliphatic rings. The predicted octanol–water partition coefficient (Wildman–Crippen LogP) is -1.77. The number of piperazine rings is 1. The molecule has 6 nitrogen and oxygen atoms in total. The van der Waals surface area contributed by atoms with E-state index in [1.54, 1.807) is 12.0 Å². The Kier molecular flexibility index (Phi) is 4.99. The molecule has 2 rings (SSSR count).